The number of rotatable bonds is 5. The topological polar surface area (TPSA) is 42.4 Å². The third-order valence-electron chi connectivity index (χ3n) is 2.39. The lowest BCUT2D eigenvalue weighted by molar-refractivity contribution is 0.0911. The molecule has 17 heavy (non-hydrogen) atoms. The molecule has 0 aliphatic rings. The molecule has 0 bridgehead atoms. The molecule has 0 spiro atoms. The predicted octanol–water partition coefficient (Wildman–Crippen LogP) is 2.76. The van der Waals surface area contributed by atoms with E-state index in [4.69, 9.17) is 9.84 Å². The van der Waals surface area contributed by atoms with E-state index >= 15 is 0 Å². The van der Waals surface area contributed by atoms with Gasteiger partial charge >= 0.3 is 0 Å². The van der Waals surface area contributed by atoms with Crippen molar-refractivity contribution in [3.63, 3.8) is 0 Å². The van der Waals surface area contributed by atoms with E-state index in [-0.39, 0.29) is 12.7 Å². The maximum absolute atomic E-state index is 9.06. The first-order valence-corrected chi connectivity index (χ1v) is 6.38. The standard InChI is InChI=1S/C13H15NO2S/c1-2-16-12(10-6-4-3-5-7-10)13-14-8-11(9-15)17-13/h3-8,12,15H,2,9H2,1H3. The number of hydrogen-bond acceptors (Lipinski definition) is 4. The second kappa shape index (κ2) is 5.91. The van der Waals surface area contributed by atoms with Crippen molar-refractivity contribution >= 4 is 11.3 Å². The van der Waals surface area contributed by atoms with E-state index < -0.39 is 0 Å². The van der Waals surface area contributed by atoms with Crippen LogP contribution in [0.15, 0.2) is 36.5 Å². The van der Waals surface area contributed by atoms with Gasteiger partial charge < -0.3 is 9.84 Å². The molecule has 1 heterocycles. The maximum Gasteiger partial charge on any atom is 0.134 e. The second-order valence-corrected chi connectivity index (χ2v) is 4.72. The Balaban J connectivity index is 2.28. The van der Waals surface area contributed by atoms with Gasteiger partial charge in [-0.15, -0.1) is 11.3 Å². The van der Waals surface area contributed by atoms with E-state index in [1.807, 2.05) is 37.3 Å². The maximum atomic E-state index is 9.06. The fourth-order valence-electron chi connectivity index (χ4n) is 1.62. The molecular formula is C13H15NO2S. The van der Waals surface area contributed by atoms with Crippen molar-refractivity contribution in [2.75, 3.05) is 6.61 Å². The van der Waals surface area contributed by atoms with Crippen molar-refractivity contribution in [1.29, 1.82) is 0 Å². The zero-order valence-electron chi connectivity index (χ0n) is 9.67. The fourth-order valence-corrected chi connectivity index (χ4v) is 2.48. The fraction of sp³-hybridized carbons (Fsp3) is 0.308. The third kappa shape index (κ3) is 2.91. The lowest BCUT2D eigenvalue weighted by Crippen LogP contribution is -2.05. The number of nitrogens with zero attached hydrogens (tertiary/aromatic N) is 1. The highest BCUT2D eigenvalue weighted by Crippen LogP contribution is 2.29. The van der Waals surface area contributed by atoms with Crippen LogP contribution in [0.2, 0.25) is 0 Å². The van der Waals surface area contributed by atoms with Crippen LogP contribution < -0.4 is 0 Å². The molecule has 90 valence electrons. The van der Waals surface area contributed by atoms with Crippen LogP contribution in [0.3, 0.4) is 0 Å². The molecule has 0 aliphatic heterocycles. The molecule has 3 nitrogen and oxygen atoms in total. The summed E-state index contributed by atoms with van der Waals surface area (Å²) < 4.78 is 5.74. The van der Waals surface area contributed by atoms with Crippen LogP contribution in [0.4, 0.5) is 0 Å². The molecular weight excluding hydrogens is 234 g/mol. The Hall–Kier alpha value is -1.23. The minimum atomic E-state index is -0.133. The first-order chi connectivity index (χ1) is 8.35. The molecule has 4 heteroatoms. The van der Waals surface area contributed by atoms with E-state index in [0.29, 0.717) is 6.61 Å². The van der Waals surface area contributed by atoms with E-state index in [1.54, 1.807) is 6.20 Å². The number of ether oxygens (including phenoxy) is 1. The normalized spacial score (nSPS) is 12.6. The van der Waals surface area contributed by atoms with Crippen LogP contribution in [0.25, 0.3) is 0 Å². The molecule has 0 amide bonds. The predicted molar refractivity (Wildman–Crippen MR) is 67.9 cm³/mol. The summed E-state index contributed by atoms with van der Waals surface area (Å²) in [6.45, 7) is 2.63. The van der Waals surface area contributed by atoms with Crippen LogP contribution in [-0.2, 0) is 11.3 Å². The molecule has 2 rings (SSSR count). The molecule has 0 saturated heterocycles. The quantitative estimate of drug-likeness (QED) is 0.886. The van der Waals surface area contributed by atoms with Crippen LogP contribution >= 0.6 is 11.3 Å². The van der Waals surface area contributed by atoms with Gasteiger partial charge in [0, 0.05) is 12.8 Å². The van der Waals surface area contributed by atoms with Crippen LogP contribution in [0.1, 0.15) is 28.5 Å². The summed E-state index contributed by atoms with van der Waals surface area (Å²) in [4.78, 5) is 5.18. The van der Waals surface area contributed by atoms with Gasteiger partial charge in [-0.2, -0.15) is 0 Å². The summed E-state index contributed by atoms with van der Waals surface area (Å²) in [6, 6.07) is 10.0. The zero-order chi connectivity index (χ0) is 12.1. The molecule has 1 unspecified atom stereocenters. The number of aromatic nitrogens is 1. The Labute approximate surface area is 105 Å². The van der Waals surface area contributed by atoms with Crippen LogP contribution in [-0.4, -0.2) is 16.7 Å². The lowest BCUT2D eigenvalue weighted by atomic mass is 10.1. The summed E-state index contributed by atoms with van der Waals surface area (Å²) in [5, 5.41) is 9.95. The van der Waals surface area contributed by atoms with E-state index in [2.05, 4.69) is 4.98 Å². The van der Waals surface area contributed by atoms with Gasteiger partial charge in [0.05, 0.1) is 11.5 Å². The Morgan fingerprint density at radius 1 is 1.35 bits per heavy atom. The van der Waals surface area contributed by atoms with Crippen LogP contribution in [0, 0.1) is 0 Å². The van der Waals surface area contributed by atoms with E-state index in [9.17, 15) is 0 Å². The van der Waals surface area contributed by atoms with E-state index in [0.717, 1.165) is 15.4 Å². The molecule has 0 aliphatic carbocycles. The smallest absolute Gasteiger partial charge is 0.134 e. The van der Waals surface area contributed by atoms with Crippen molar-refractivity contribution in [2.45, 2.75) is 19.6 Å². The average Bonchev–Trinajstić information content (AvgIpc) is 2.85. The first kappa shape index (κ1) is 12.2. The number of thiazole rings is 1. The molecule has 0 radical (unpaired) electrons. The van der Waals surface area contributed by atoms with Gasteiger partial charge in [0.2, 0.25) is 0 Å². The summed E-state index contributed by atoms with van der Waals surface area (Å²) in [7, 11) is 0. The monoisotopic (exact) mass is 249 g/mol. The van der Waals surface area contributed by atoms with Gasteiger partial charge in [0.25, 0.3) is 0 Å². The summed E-state index contributed by atoms with van der Waals surface area (Å²) in [5.74, 6) is 0. The molecule has 1 atom stereocenters. The number of hydrogen-bond donors (Lipinski definition) is 1. The van der Waals surface area contributed by atoms with Crippen molar-refractivity contribution in [1.82, 2.24) is 4.98 Å². The Bertz CT molecular complexity index is 455. The average molecular weight is 249 g/mol. The van der Waals surface area contributed by atoms with Crippen molar-refractivity contribution in [3.8, 4) is 0 Å². The van der Waals surface area contributed by atoms with Gasteiger partial charge in [0.15, 0.2) is 0 Å². The van der Waals surface area contributed by atoms with Gasteiger partial charge in [0.1, 0.15) is 11.1 Å². The minimum absolute atomic E-state index is 0.0330. The van der Waals surface area contributed by atoms with Crippen molar-refractivity contribution < 1.29 is 9.84 Å². The lowest BCUT2D eigenvalue weighted by Gasteiger charge is -2.14. The molecule has 0 saturated carbocycles. The number of benzene rings is 1. The Morgan fingerprint density at radius 2 is 2.12 bits per heavy atom. The molecule has 2 aromatic rings. The molecule has 1 N–H and O–H groups in total. The van der Waals surface area contributed by atoms with Crippen LogP contribution in [0.5, 0.6) is 0 Å². The second-order valence-electron chi connectivity index (χ2n) is 3.57. The van der Waals surface area contributed by atoms with Crippen molar-refractivity contribution in [3.05, 3.63) is 52.0 Å². The highest BCUT2D eigenvalue weighted by Gasteiger charge is 2.17. The summed E-state index contributed by atoms with van der Waals surface area (Å²) in [6.07, 6.45) is 1.57. The summed E-state index contributed by atoms with van der Waals surface area (Å²) in [5.41, 5.74) is 1.09. The number of aliphatic hydroxyl groups excluding tert-OH is 1. The molecule has 1 aromatic heterocycles. The van der Waals surface area contributed by atoms with E-state index in [1.165, 1.54) is 11.3 Å². The minimum Gasteiger partial charge on any atom is -0.391 e. The van der Waals surface area contributed by atoms with Gasteiger partial charge in [-0.1, -0.05) is 30.3 Å². The Morgan fingerprint density at radius 3 is 2.71 bits per heavy atom. The summed E-state index contributed by atoms with van der Waals surface area (Å²) >= 11 is 1.49. The highest BCUT2D eigenvalue weighted by atomic mass is 32.1. The molecule has 0 fully saturated rings. The highest BCUT2D eigenvalue weighted by molar-refractivity contribution is 7.11. The van der Waals surface area contributed by atoms with Gasteiger partial charge in [-0.25, -0.2) is 4.98 Å². The van der Waals surface area contributed by atoms with Gasteiger partial charge in [-0.3, -0.25) is 0 Å². The van der Waals surface area contributed by atoms with Crippen molar-refractivity contribution in [2.24, 2.45) is 0 Å². The SMILES string of the molecule is CCOC(c1ccccc1)c1ncc(CO)s1. The zero-order valence-corrected chi connectivity index (χ0v) is 10.5. The largest absolute Gasteiger partial charge is 0.391 e. The number of aliphatic hydroxyl groups is 1. The Kier molecular flexibility index (Phi) is 4.25. The molecule has 1 aromatic carbocycles. The first-order valence-electron chi connectivity index (χ1n) is 5.57. The third-order valence-corrected chi connectivity index (χ3v) is 3.41. The van der Waals surface area contributed by atoms with Gasteiger partial charge in [-0.05, 0) is 12.5 Å².